The molecular formula is C12H25N3. The van der Waals surface area contributed by atoms with Gasteiger partial charge in [0.2, 0.25) is 0 Å². The lowest BCUT2D eigenvalue weighted by Gasteiger charge is -2.28. The average Bonchev–Trinajstić information content (AvgIpc) is 2.22. The van der Waals surface area contributed by atoms with Gasteiger partial charge in [-0.2, -0.15) is 0 Å². The number of rotatable bonds is 6. The number of nitrogens with zero attached hydrogens (tertiary/aromatic N) is 1. The number of unbranched alkanes of at least 4 members (excludes halogenated alkanes) is 1. The molecular weight excluding hydrogens is 186 g/mol. The van der Waals surface area contributed by atoms with Gasteiger partial charge in [0.25, 0.3) is 0 Å². The smallest absolute Gasteiger partial charge is 0.0107 e. The number of piperazine rings is 1. The van der Waals surface area contributed by atoms with Gasteiger partial charge in [0.15, 0.2) is 0 Å². The van der Waals surface area contributed by atoms with Crippen molar-refractivity contribution in [1.82, 2.24) is 15.5 Å². The summed E-state index contributed by atoms with van der Waals surface area (Å²) in [7, 11) is 0. The van der Waals surface area contributed by atoms with Gasteiger partial charge in [0.05, 0.1) is 0 Å². The van der Waals surface area contributed by atoms with Crippen molar-refractivity contribution >= 4 is 0 Å². The van der Waals surface area contributed by atoms with E-state index in [4.69, 9.17) is 0 Å². The van der Waals surface area contributed by atoms with Crippen LogP contribution >= 0.6 is 0 Å². The average molecular weight is 211 g/mol. The van der Waals surface area contributed by atoms with E-state index in [9.17, 15) is 0 Å². The third-order valence-corrected chi connectivity index (χ3v) is 3.65. The molecule has 0 unspecified atom stereocenters. The lowest BCUT2D eigenvalue weighted by Crippen LogP contribution is -2.43. The van der Waals surface area contributed by atoms with Gasteiger partial charge in [0.1, 0.15) is 0 Å². The molecule has 0 amide bonds. The largest absolute Gasteiger partial charge is 0.314 e. The maximum atomic E-state index is 3.63. The van der Waals surface area contributed by atoms with Crippen LogP contribution in [-0.2, 0) is 0 Å². The van der Waals surface area contributed by atoms with Gasteiger partial charge >= 0.3 is 0 Å². The van der Waals surface area contributed by atoms with Gasteiger partial charge in [-0.25, -0.2) is 0 Å². The van der Waals surface area contributed by atoms with E-state index in [1.54, 1.807) is 0 Å². The lowest BCUT2D eigenvalue weighted by molar-refractivity contribution is 0.235. The molecule has 1 aliphatic carbocycles. The maximum Gasteiger partial charge on any atom is 0.0107 e. The molecule has 1 saturated heterocycles. The maximum absolute atomic E-state index is 3.63. The van der Waals surface area contributed by atoms with E-state index in [-0.39, 0.29) is 0 Å². The molecule has 2 aliphatic rings. The third-order valence-electron chi connectivity index (χ3n) is 3.65. The summed E-state index contributed by atoms with van der Waals surface area (Å²) in [5, 5.41) is 7.02. The zero-order valence-electron chi connectivity index (χ0n) is 9.80. The molecule has 2 rings (SSSR count). The Hall–Kier alpha value is -0.120. The van der Waals surface area contributed by atoms with E-state index < -0.39 is 0 Å². The predicted molar refractivity (Wildman–Crippen MR) is 64.2 cm³/mol. The van der Waals surface area contributed by atoms with Gasteiger partial charge < -0.3 is 15.5 Å². The quantitative estimate of drug-likeness (QED) is 0.637. The second-order valence-corrected chi connectivity index (χ2v) is 4.88. The molecule has 2 N–H and O–H groups in total. The van der Waals surface area contributed by atoms with Crippen LogP contribution in [0.4, 0.5) is 0 Å². The van der Waals surface area contributed by atoms with Crippen molar-refractivity contribution < 1.29 is 0 Å². The highest BCUT2D eigenvalue weighted by Gasteiger charge is 2.15. The third kappa shape index (κ3) is 4.09. The summed E-state index contributed by atoms with van der Waals surface area (Å²) >= 11 is 0. The van der Waals surface area contributed by atoms with Crippen LogP contribution in [0.3, 0.4) is 0 Å². The predicted octanol–water partition coefficient (Wildman–Crippen LogP) is 0.814. The van der Waals surface area contributed by atoms with Crippen LogP contribution in [0.5, 0.6) is 0 Å². The van der Waals surface area contributed by atoms with Gasteiger partial charge in [-0.3, -0.25) is 0 Å². The first kappa shape index (κ1) is 11.4. The van der Waals surface area contributed by atoms with E-state index >= 15 is 0 Å². The Morgan fingerprint density at radius 2 is 1.93 bits per heavy atom. The fourth-order valence-corrected chi connectivity index (χ4v) is 2.31. The minimum absolute atomic E-state index is 0.865. The molecule has 88 valence electrons. The fourth-order valence-electron chi connectivity index (χ4n) is 2.31. The number of hydrogen-bond acceptors (Lipinski definition) is 3. The van der Waals surface area contributed by atoms with Crippen molar-refractivity contribution in [2.45, 2.75) is 38.1 Å². The van der Waals surface area contributed by atoms with Crippen molar-refractivity contribution in [3.8, 4) is 0 Å². The van der Waals surface area contributed by atoms with Crippen LogP contribution in [0.25, 0.3) is 0 Å². The SMILES string of the molecule is C(CCN1CCNCC1)CNC1CCC1. The van der Waals surface area contributed by atoms with Gasteiger partial charge in [0, 0.05) is 32.2 Å². The van der Waals surface area contributed by atoms with E-state index in [1.165, 1.54) is 71.4 Å². The Balaban J connectivity index is 1.40. The number of nitrogens with one attached hydrogen (secondary N) is 2. The van der Waals surface area contributed by atoms with Crippen LogP contribution in [0.15, 0.2) is 0 Å². The highest BCUT2D eigenvalue weighted by atomic mass is 15.2. The lowest BCUT2D eigenvalue weighted by atomic mass is 9.93. The summed E-state index contributed by atoms with van der Waals surface area (Å²) in [5.41, 5.74) is 0. The minimum atomic E-state index is 0.865. The highest BCUT2D eigenvalue weighted by molar-refractivity contribution is 4.76. The molecule has 3 nitrogen and oxygen atoms in total. The Morgan fingerprint density at radius 3 is 2.60 bits per heavy atom. The minimum Gasteiger partial charge on any atom is -0.314 e. The Labute approximate surface area is 93.6 Å². The molecule has 0 spiro atoms. The first-order chi connectivity index (χ1) is 7.45. The zero-order chi connectivity index (χ0) is 10.3. The summed E-state index contributed by atoms with van der Waals surface area (Å²) < 4.78 is 0. The summed E-state index contributed by atoms with van der Waals surface area (Å²) in [6.07, 6.45) is 6.98. The van der Waals surface area contributed by atoms with Crippen LogP contribution in [0.2, 0.25) is 0 Å². The van der Waals surface area contributed by atoms with Gasteiger partial charge in [-0.1, -0.05) is 6.42 Å². The van der Waals surface area contributed by atoms with Gasteiger partial charge in [-0.15, -0.1) is 0 Å². The highest BCUT2D eigenvalue weighted by Crippen LogP contribution is 2.17. The molecule has 3 heteroatoms. The standard InChI is InChI=1S/C12H25N3/c1(6-14-12-4-3-5-12)2-9-15-10-7-13-8-11-15/h12-14H,1-11H2. The fraction of sp³-hybridized carbons (Fsp3) is 1.00. The van der Waals surface area contributed by atoms with Crippen LogP contribution in [0.1, 0.15) is 32.1 Å². The molecule has 0 radical (unpaired) electrons. The molecule has 0 bridgehead atoms. The topological polar surface area (TPSA) is 27.3 Å². The molecule has 1 aliphatic heterocycles. The second kappa shape index (κ2) is 6.46. The Morgan fingerprint density at radius 1 is 1.13 bits per heavy atom. The van der Waals surface area contributed by atoms with E-state index in [2.05, 4.69) is 15.5 Å². The molecule has 0 atom stereocenters. The van der Waals surface area contributed by atoms with Crippen LogP contribution < -0.4 is 10.6 Å². The van der Waals surface area contributed by atoms with Crippen molar-refractivity contribution in [2.75, 3.05) is 39.3 Å². The molecule has 1 saturated carbocycles. The summed E-state index contributed by atoms with van der Waals surface area (Å²) in [5.74, 6) is 0. The summed E-state index contributed by atoms with van der Waals surface area (Å²) in [4.78, 5) is 2.58. The molecule has 15 heavy (non-hydrogen) atoms. The van der Waals surface area contributed by atoms with Crippen molar-refractivity contribution in [2.24, 2.45) is 0 Å². The van der Waals surface area contributed by atoms with E-state index in [1.807, 2.05) is 0 Å². The summed E-state index contributed by atoms with van der Waals surface area (Å²) in [6, 6.07) is 0.865. The van der Waals surface area contributed by atoms with Crippen molar-refractivity contribution in [1.29, 1.82) is 0 Å². The van der Waals surface area contributed by atoms with Gasteiger partial charge in [-0.05, 0) is 38.8 Å². The molecule has 0 aromatic rings. The molecule has 0 aromatic carbocycles. The van der Waals surface area contributed by atoms with E-state index in [0.717, 1.165) is 6.04 Å². The Kier molecular flexibility index (Phi) is 4.90. The first-order valence-corrected chi connectivity index (χ1v) is 6.61. The summed E-state index contributed by atoms with van der Waals surface area (Å²) in [6.45, 7) is 7.39. The zero-order valence-corrected chi connectivity index (χ0v) is 9.80. The van der Waals surface area contributed by atoms with Crippen LogP contribution in [0, 0.1) is 0 Å². The molecule has 2 fully saturated rings. The van der Waals surface area contributed by atoms with E-state index in [0.29, 0.717) is 0 Å². The molecule has 1 heterocycles. The first-order valence-electron chi connectivity index (χ1n) is 6.61. The van der Waals surface area contributed by atoms with Crippen molar-refractivity contribution in [3.05, 3.63) is 0 Å². The Bertz CT molecular complexity index is 162. The molecule has 0 aromatic heterocycles. The normalized spacial score (nSPS) is 24.0. The number of hydrogen-bond donors (Lipinski definition) is 2. The monoisotopic (exact) mass is 211 g/mol. The second-order valence-electron chi connectivity index (χ2n) is 4.88. The van der Waals surface area contributed by atoms with Crippen molar-refractivity contribution in [3.63, 3.8) is 0 Å². The van der Waals surface area contributed by atoms with Crippen LogP contribution in [-0.4, -0.2) is 50.2 Å².